The molecule has 1 amide bonds. The molecule has 0 atom stereocenters. The van der Waals surface area contributed by atoms with Crippen LogP contribution in [0.1, 0.15) is 25.3 Å². The first-order valence-electron chi connectivity index (χ1n) is 8.92. The number of unbranched alkanes of at least 4 members (excludes halogenated alkanes) is 1. The van der Waals surface area contributed by atoms with Gasteiger partial charge < -0.3 is 9.88 Å². The molecule has 2 heterocycles. The number of rotatable bonds is 4. The quantitative estimate of drug-likeness (QED) is 0.558. The van der Waals surface area contributed by atoms with E-state index in [1.165, 1.54) is 21.8 Å². The minimum absolute atomic E-state index is 0.0403. The third-order valence-electron chi connectivity index (χ3n) is 4.95. The number of nitrogens with zero attached hydrogens (tertiary/aromatic N) is 2. The third-order valence-corrected chi connectivity index (χ3v) is 5.27. The lowest BCUT2D eigenvalue weighted by Crippen LogP contribution is -2.31. The highest BCUT2D eigenvalue weighted by molar-refractivity contribution is 7.80. The Morgan fingerprint density at radius 2 is 1.88 bits per heavy atom. The predicted octanol–water partition coefficient (Wildman–Crippen LogP) is 4.19. The molecule has 1 aromatic heterocycles. The second-order valence-electron chi connectivity index (χ2n) is 6.65. The van der Waals surface area contributed by atoms with Crippen LogP contribution in [-0.2, 0) is 11.8 Å². The highest BCUT2D eigenvalue weighted by Gasteiger charge is 2.29. The molecule has 1 N–H and O–H groups in total. The van der Waals surface area contributed by atoms with Crippen LogP contribution >= 0.6 is 12.2 Å². The lowest BCUT2D eigenvalue weighted by Gasteiger charge is -2.12. The Balaban J connectivity index is 1.74. The summed E-state index contributed by atoms with van der Waals surface area (Å²) in [6.45, 7) is 2.77. The fraction of sp³-hybridized carbons (Fsp3) is 0.238. The van der Waals surface area contributed by atoms with Crippen molar-refractivity contribution in [2.75, 3.05) is 6.54 Å². The Bertz CT molecular complexity index is 1060. The van der Waals surface area contributed by atoms with Crippen LogP contribution < -0.4 is 5.32 Å². The zero-order valence-electron chi connectivity index (χ0n) is 15.0. The average Bonchev–Trinajstić information content (AvgIpc) is 3.08. The molecule has 3 aromatic rings. The van der Waals surface area contributed by atoms with E-state index in [0.29, 0.717) is 17.4 Å². The largest absolute Gasteiger partial charge is 0.344 e. The van der Waals surface area contributed by atoms with Crippen LogP contribution in [0.5, 0.6) is 0 Å². The number of benzene rings is 2. The van der Waals surface area contributed by atoms with Gasteiger partial charge >= 0.3 is 0 Å². The van der Waals surface area contributed by atoms with Crippen molar-refractivity contribution >= 4 is 51.1 Å². The van der Waals surface area contributed by atoms with Crippen LogP contribution in [-0.4, -0.2) is 27.0 Å². The predicted molar refractivity (Wildman–Crippen MR) is 111 cm³/mol. The van der Waals surface area contributed by atoms with Gasteiger partial charge in [-0.1, -0.05) is 37.6 Å². The van der Waals surface area contributed by atoms with Crippen LogP contribution in [0.25, 0.3) is 27.9 Å². The number of para-hydroxylation sites is 1. The first kappa shape index (κ1) is 16.8. The second-order valence-corrected chi connectivity index (χ2v) is 7.04. The SMILES string of the molecule is CCCCN1C(=O)C(=Cc2ccc3c(c2)c2ccccc2n3C)NC1=S. The fourth-order valence-corrected chi connectivity index (χ4v) is 3.82. The van der Waals surface area contributed by atoms with E-state index in [9.17, 15) is 4.79 Å². The van der Waals surface area contributed by atoms with Crippen LogP contribution in [0.4, 0.5) is 0 Å². The summed E-state index contributed by atoms with van der Waals surface area (Å²) in [5.41, 5.74) is 3.92. The number of fused-ring (bicyclic) bond motifs is 3. The maximum absolute atomic E-state index is 12.6. The summed E-state index contributed by atoms with van der Waals surface area (Å²) in [6.07, 6.45) is 3.87. The third kappa shape index (κ3) is 2.69. The summed E-state index contributed by atoms with van der Waals surface area (Å²) in [6, 6.07) is 14.7. The van der Waals surface area contributed by atoms with Crippen molar-refractivity contribution in [3.05, 3.63) is 53.7 Å². The number of thiocarbonyl (C=S) groups is 1. The van der Waals surface area contributed by atoms with Crippen LogP contribution in [0.15, 0.2) is 48.2 Å². The zero-order chi connectivity index (χ0) is 18.3. The van der Waals surface area contributed by atoms with Crippen molar-refractivity contribution in [3.8, 4) is 0 Å². The molecule has 2 aromatic carbocycles. The van der Waals surface area contributed by atoms with Gasteiger partial charge in [0, 0.05) is 35.4 Å². The lowest BCUT2D eigenvalue weighted by molar-refractivity contribution is -0.122. The Morgan fingerprint density at radius 3 is 2.69 bits per heavy atom. The van der Waals surface area contributed by atoms with E-state index in [1.807, 2.05) is 12.1 Å². The Hall–Kier alpha value is -2.66. The van der Waals surface area contributed by atoms with Gasteiger partial charge in [-0.25, -0.2) is 0 Å². The van der Waals surface area contributed by atoms with Crippen molar-refractivity contribution in [2.24, 2.45) is 7.05 Å². The normalized spacial score (nSPS) is 16.2. The molecule has 0 bridgehead atoms. The van der Waals surface area contributed by atoms with E-state index in [-0.39, 0.29) is 5.91 Å². The Morgan fingerprint density at radius 1 is 1.12 bits per heavy atom. The van der Waals surface area contributed by atoms with Crippen LogP contribution in [0.3, 0.4) is 0 Å². The molecule has 0 saturated carbocycles. The molecule has 0 spiro atoms. The lowest BCUT2D eigenvalue weighted by atomic mass is 10.1. The molecule has 4 rings (SSSR count). The van der Waals surface area contributed by atoms with Gasteiger partial charge in [-0.2, -0.15) is 0 Å². The van der Waals surface area contributed by atoms with Crippen molar-refractivity contribution in [3.63, 3.8) is 0 Å². The van der Waals surface area contributed by atoms with E-state index >= 15 is 0 Å². The van der Waals surface area contributed by atoms with Crippen molar-refractivity contribution < 1.29 is 4.79 Å². The molecule has 5 heteroatoms. The monoisotopic (exact) mass is 363 g/mol. The minimum atomic E-state index is -0.0403. The number of hydrogen-bond acceptors (Lipinski definition) is 2. The molecule has 0 unspecified atom stereocenters. The van der Waals surface area contributed by atoms with Crippen molar-refractivity contribution in [1.82, 2.24) is 14.8 Å². The second kappa shape index (κ2) is 6.57. The molecule has 26 heavy (non-hydrogen) atoms. The molecule has 132 valence electrons. The summed E-state index contributed by atoms with van der Waals surface area (Å²) >= 11 is 5.32. The number of amides is 1. The number of nitrogens with one attached hydrogen (secondary N) is 1. The summed E-state index contributed by atoms with van der Waals surface area (Å²) in [5, 5.41) is 5.97. The molecule has 0 radical (unpaired) electrons. The van der Waals surface area contributed by atoms with E-state index in [1.54, 1.807) is 4.90 Å². The molecule has 1 aliphatic heterocycles. The first-order chi connectivity index (χ1) is 12.6. The Kier molecular flexibility index (Phi) is 4.24. The molecular formula is C21H21N3OS. The van der Waals surface area contributed by atoms with Gasteiger partial charge in [0.25, 0.3) is 5.91 Å². The molecule has 1 saturated heterocycles. The van der Waals surface area contributed by atoms with Gasteiger partial charge in [0.1, 0.15) is 5.70 Å². The maximum atomic E-state index is 12.6. The highest BCUT2D eigenvalue weighted by atomic mass is 32.1. The summed E-state index contributed by atoms with van der Waals surface area (Å²) in [7, 11) is 2.08. The molecular weight excluding hydrogens is 342 g/mol. The maximum Gasteiger partial charge on any atom is 0.276 e. The molecule has 0 aliphatic carbocycles. The minimum Gasteiger partial charge on any atom is -0.344 e. The van der Waals surface area contributed by atoms with Gasteiger partial charge in [-0.15, -0.1) is 0 Å². The average molecular weight is 363 g/mol. The van der Waals surface area contributed by atoms with E-state index in [0.717, 1.165) is 18.4 Å². The first-order valence-corrected chi connectivity index (χ1v) is 9.32. The number of hydrogen-bond donors (Lipinski definition) is 1. The summed E-state index contributed by atoms with van der Waals surface area (Å²) in [5.74, 6) is -0.0403. The number of aryl methyl sites for hydroxylation is 1. The van der Waals surface area contributed by atoms with Gasteiger partial charge in [0.05, 0.1) is 0 Å². The Labute approximate surface area is 158 Å². The zero-order valence-corrected chi connectivity index (χ0v) is 15.8. The number of aromatic nitrogens is 1. The van der Waals surface area contributed by atoms with Crippen LogP contribution in [0.2, 0.25) is 0 Å². The number of carbonyl (C=O) groups excluding carboxylic acids is 1. The van der Waals surface area contributed by atoms with Crippen LogP contribution in [0, 0.1) is 0 Å². The molecule has 1 fully saturated rings. The van der Waals surface area contributed by atoms with Gasteiger partial charge in [0.15, 0.2) is 5.11 Å². The highest BCUT2D eigenvalue weighted by Crippen LogP contribution is 2.29. The van der Waals surface area contributed by atoms with Gasteiger partial charge in [-0.3, -0.25) is 9.69 Å². The topological polar surface area (TPSA) is 37.3 Å². The summed E-state index contributed by atoms with van der Waals surface area (Å²) < 4.78 is 2.20. The van der Waals surface area contributed by atoms with E-state index in [2.05, 4.69) is 60.3 Å². The molecule has 4 nitrogen and oxygen atoms in total. The fourth-order valence-electron chi connectivity index (χ4n) is 3.53. The van der Waals surface area contributed by atoms with Gasteiger partial charge in [-0.05, 0) is 48.5 Å². The molecule has 1 aliphatic rings. The van der Waals surface area contributed by atoms with E-state index in [4.69, 9.17) is 12.2 Å². The van der Waals surface area contributed by atoms with Crippen molar-refractivity contribution in [1.29, 1.82) is 0 Å². The van der Waals surface area contributed by atoms with E-state index < -0.39 is 0 Å². The van der Waals surface area contributed by atoms with Crippen molar-refractivity contribution in [2.45, 2.75) is 19.8 Å². The smallest absolute Gasteiger partial charge is 0.276 e. The number of carbonyl (C=O) groups is 1. The van der Waals surface area contributed by atoms with Gasteiger partial charge in [0.2, 0.25) is 0 Å². The standard InChI is InChI=1S/C21H21N3OS/c1-3-4-11-24-20(25)17(22-21(24)26)13-14-9-10-19-16(12-14)15-7-5-6-8-18(15)23(19)2/h5-10,12-13H,3-4,11H2,1-2H3,(H,22,26). The summed E-state index contributed by atoms with van der Waals surface area (Å²) in [4.78, 5) is 14.3.